The van der Waals surface area contributed by atoms with Crippen molar-refractivity contribution in [1.29, 1.82) is 0 Å². The van der Waals surface area contributed by atoms with Gasteiger partial charge in [-0.1, -0.05) is 18.2 Å². The highest BCUT2D eigenvalue weighted by atomic mass is 32.1. The molecule has 0 bridgehead atoms. The number of rotatable bonds is 2. The molecule has 0 saturated carbocycles. The standard InChI is InChI=1S/C14H16N2OS/c15-8-10-4-3-7-16(10)14(17)12-9-18-13-6-2-1-5-11(12)13/h1-2,5-6,9-10H,3-4,7-8,15H2. The number of nitrogens with zero attached hydrogens (tertiary/aromatic N) is 1. The first kappa shape index (κ1) is 11.7. The first-order valence-corrected chi connectivity index (χ1v) is 7.16. The van der Waals surface area contributed by atoms with Gasteiger partial charge in [0.05, 0.1) is 5.56 Å². The van der Waals surface area contributed by atoms with Gasteiger partial charge in [0.15, 0.2) is 0 Å². The average Bonchev–Trinajstić information content (AvgIpc) is 3.04. The minimum atomic E-state index is 0.139. The fourth-order valence-corrected chi connectivity index (χ4v) is 3.58. The second-order valence-corrected chi connectivity index (χ2v) is 5.59. The number of likely N-dealkylation sites (tertiary alicyclic amines) is 1. The number of amides is 1. The maximum Gasteiger partial charge on any atom is 0.255 e. The number of carbonyl (C=O) groups excluding carboxylic acids is 1. The van der Waals surface area contributed by atoms with E-state index in [2.05, 4.69) is 6.07 Å². The van der Waals surface area contributed by atoms with E-state index in [9.17, 15) is 4.79 Å². The van der Waals surface area contributed by atoms with E-state index in [0.717, 1.165) is 30.3 Å². The van der Waals surface area contributed by atoms with Crippen molar-refractivity contribution < 1.29 is 4.79 Å². The lowest BCUT2D eigenvalue weighted by Gasteiger charge is -2.23. The highest BCUT2D eigenvalue weighted by molar-refractivity contribution is 7.17. The predicted molar refractivity (Wildman–Crippen MR) is 74.9 cm³/mol. The van der Waals surface area contributed by atoms with Crippen LogP contribution in [0.4, 0.5) is 0 Å². The zero-order valence-electron chi connectivity index (χ0n) is 10.1. The summed E-state index contributed by atoms with van der Waals surface area (Å²) < 4.78 is 1.17. The van der Waals surface area contributed by atoms with Crippen LogP contribution in [-0.2, 0) is 0 Å². The summed E-state index contributed by atoms with van der Waals surface area (Å²) in [5, 5.41) is 3.04. The van der Waals surface area contributed by atoms with Gasteiger partial charge < -0.3 is 10.6 Å². The molecule has 1 saturated heterocycles. The van der Waals surface area contributed by atoms with E-state index in [1.165, 1.54) is 4.70 Å². The summed E-state index contributed by atoms with van der Waals surface area (Å²) in [6, 6.07) is 8.28. The lowest BCUT2D eigenvalue weighted by atomic mass is 10.1. The number of hydrogen-bond donors (Lipinski definition) is 1. The molecule has 3 rings (SSSR count). The van der Waals surface area contributed by atoms with Crippen LogP contribution < -0.4 is 5.73 Å². The lowest BCUT2D eigenvalue weighted by Crippen LogP contribution is -2.39. The molecule has 0 radical (unpaired) electrons. The SMILES string of the molecule is NCC1CCCN1C(=O)c1csc2ccccc12. The molecule has 2 aromatic rings. The van der Waals surface area contributed by atoms with Crippen molar-refractivity contribution in [2.24, 2.45) is 5.73 Å². The van der Waals surface area contributed by atoms with Crippen molar-refractivity contribution >= 4 is 27.3 Å². The topological polar surface area (TPSA) is 46.3 Å². The van der Waals surface area contributed by atoms with E-state index in [0.29, 0.717) is 6.54 Å². The molecule has 1 fully saturated rings. The van der Waals surface area contributed by atoms with Crippen molar-refractivity contribution in [1.82, 2.24) is 4.90 Å². The molecule has 1 atom stereocenters. The van der Waals surface area contributed by atoms with Gasteiger partial charge in [-0.15, -0.1) is 11.3 Å². The molecule has 2 heterocycles. The Bertz CT molecular complexity index is 578. The van der Waals surface area contributed by atoms with E-state index in [1.807, 2.05) is 28.5 Å². The smallest absolute Gasteiger partial charge is 0.255 e. The van der Waals surface area contributed by atoms with Crippen LogP contribution in [0.3, 0.4) is 0 Å². The molecule has 2 N–H and O–H groups in total. The van der Waals surface area contributed by atoms with Gasteiger partial charge in [0.25, 0.3) is 5.91 Å². The number of hydrogen-bond acceptors (Lipinski definition) is 3. The van der Waals surface area contributed by atoms with Crippen LogP contribution in [0.25, 0.3) is 10.1 Å². The fourth-order valence-electron chi connectivity index (χ4n) is 2.65. The molecule has 1 aromatic carbocycles. The summed E-state index contributed by atoms with van der Waals surface area (Å²) in [7, 11) is 0. The molecule has 1 aliphatic heterocycles. The molecule has 0 aliphatic carbocycles. The Labute approximate surface area is 110 Å². The van der Waals surface area contributed by atoms with Gasteiger partial charge >= 0.3 is 0 Å². The van der Waals surface area contributed by atoms with Crippen LogP contribution in [0.15, 0.2) is 29.6 Å². The highest BCUT2D eigenvalue weighted by Crippen LogP contribution is 2.28. The maximum atomic E-state index is 12.6. The van der Waals surface area contributed by atoms with E-state index < -0.39 is 0 Å². The number of thiophene rings is 1. The number of benzene rings is 1. The predicted octanol–water partition coefficient (Wildman–Crippen LogP) is 2.46. The van der Waals surface area contributed by atoms with Crippen molar-refractivity contribution in [3.63, 3.8) is 0 Å². The van der Waals surface area contributed by atoms with Crippen LogP contribution in [0.1, 0.15) is 23.2 Å². The summed E-state index contributed by atoms with van der Waals surface area (Å²) >= 11 is 1.63. The molecular weight excluding hydrogens is 244 g/mol. The third-order valence-corrected chi connectivity index (χ3v) is 4.58. The summed E-state index contributed by atoms with van der Waals surface area (Å²) in [5.74, 6) is 0.139. The fraction of sp³-hybridized carbons (Fsp3) is 0.357. The van der Waals surface area contributed by atoms with Gasteiger partial charge in [-0.05, 0) is 18.9 Å². The van der Waals surface area contributed by atoms with Crippen molar-refractivity contribution in [3.05, 3.63) is 35.2 Å². The van der Waals surface area contributed by atoms with Crippen molar-refractivity contribution in [2.45, 2.75) is 18.9 Å². The molecule has 1 amide bonds. The Morgan fingerprint density at radius 2 is 2.28 bits per heavy atom. The molecule has 1 aromatic heterocycles. The molecule has 18 heavy (non-hydrogen) atoms. The third-order valence-electron chi connectivity index (χ3n) is 3.62. The summed E-state index contributed by atoms with van der Waals surface area (Å²) in [5.41, 5.74) is 6.57. The molecule has 0 spiro atoms. The van der Waals surface area contributed by atoms with E-state index in [1.54, 1.807) is 11.3 Å². The Morgan fingerprint density at radius 3 is 3.11 bits per heavy atom. The Hall–Kier alpha value is -1.39. The Morgan fingerprint density at radius 1 is 1.44 bits per heavy atom. The van der Waals surface area contributed by atoms with Gasteiger partial charge in [-0.3, -0.25) is 4.79 Å². The molecule has 3 nitrogen and oxygen atoms in total. The molecule has 1 unspecified atom stereocenters. The van der Waals surface area contributed by atoms with E-state index in [-0.39, 0.29) is 11.9 Å². The average molecular weight is 260 g/mol. The quantitative estimate of drug-likeness (QED) is 0.901. The van der Waals surface area contributed by atoms with Crippen LogP contribution >= 0.6 is 11.3 Å². The largest absolute Gasteiger partial charge is 0.334 e. The Kier molecular flexibility index (Phi) is 3.06. The minimum Gasteiger partial charge on any atom is -0.334 e. The van der Waals surface area contributed by atoms with Crippen LogP contribution in [0.5, 0.6) is 0 Å². The van der Waals surface area contributed by atoms with Gasteiger partial charge in [-0.2, -0.15) is 0 Å². The molecule has 94 valence electrons. The summed E-state index contributed by atoms with van der Waals surface area (Å²) in [6.07, 6.45) is 2.10. The lowest BCUT2D eigenvalue weighted by molar-refractivity contribution is 0.0743. The van der Waals surface area contributed by atoms with Crippen molar-refractivity contribution in [2.75, 3.05) is 13.1 Å². The maximum absolute atomic E-state index is 12.6. The third kappa shape index (κ3) is 1.82. The van der Waals surface area contributed by atoms with Crippen LogP contribution in [0.2, 0.25) is 0 Å². The van der Waals surface area contributed by atoms with Gasteiger partial charge in [0.2, 0.25) is 0 Å². The summed E-state index contributed by atoms with van der Waals surface area (Å²) in [6.45, 7) is 1.40. The zero-order chi connectivity index (χ0) is 12.5. The van der Waals surface area contributed by atoms with Crippen LogP contribution in [0, 0.1) is 0 Å². The first-order chi connectivity index (χ1) is 8.81. The first-order valence-electron chi connectivity index (χ1n) is 6.28. The Balaban J connectivity index is 1.97. The van der Waals surface area contributed by atoms with E-state index in [4.69, 9.17) is 5.73 Å². The van der Waals surface area contributed by atoms with Gasteiger partial charge in [0, 0.05) is 34.6 Å². The van der Waals surface area contributed by atoms with Crippen molar-refractivity contribution in [3.8, 4) is 0 Å². The second-order valence-electron chi connectivity index (χ2n) is 4.68. The monoisotopic (exact) mass is 260 g/mol. The normalized spacial score (nSPS) is 19.6. The number of nitrogens with two attached hydrogens (primary N) is 1. The van der Waals surface area contributed by atoms with Gasteiger partial charge in [-0.25, -0.2) is 0 Å². The minimum absolute atomic E-state index is 0.139. The van der Waals surface area contributed by atoms with E-state index >= 15 is 0 Å². The van der Waals surface area contributed by atoms with Crippen LogP contribution in [-0.4, -0.2) is 29.9 Å². The highest BCUT2D eigenvalue weighted by Gasteiger charge is 2.29. The second kappa shape index (κ2) is 4.71. The molecular formula is C14H16N2OS. The number of carbonyl (C=O) groups is 1. The summed E-state index contributed by atoms with van der Waals surface area (Å²) in [4.78, 5) is 14.5. The zero-order valence-corrected chi connectivity index (χ0v) is 11.0. The molecule has 4 heteroatoms. The molecule has 1 aliphatic rings. The van der Waals surface area contributed by atoms with Gasteiger partial charge in [0.1, 0.15) is 0 Å². The number of fused-ring (bicyclic) bond motifs is 1.